The van der Waals surface area contributed by atoms with E-state index < -0.39 is 0 Å². The van der Waals surface area contributed by atoms with Gasteiger partial charge in [0.25, 0.3) is 0 Å². The number of urea groups is 1. The Kier molecular flexibility index (Phi) is 4.54. The molecular weight excluding hydrogens is 376 g/mol. The summed E-state index contributed by atoms with van der Waals surface area (Å²) in [6.07, 6.45) is 0. The number of fused-ring (bicyclic) bond motifs is 2. The van der Waals surface area contributed by atoms with Crippen LogP contribution in [0.5, 0.6) is 0 Å². The molecule has 0 bridgehead atoms. The van der Waals surface area contributed by atoms with Crippen LogP contribution in [0.2, 0.25) is 0 Å². The topological polar surface area (TPSA) is 32.3 Å². The second-order valence-corrected chi connectivity index (χ2v) is 7.80. The van der Waals surface area contributed by atoms with Gasteiger partial charge in [0.2, 0.25) is 0 Å². The maximum Gasteiger partial charge on any atom is 0.331 e. The molecule has 0 fully saturated rings. The molecule has 0 atom stereocenters. The smallest absolute Gasteiger partial charge is 0.307 e. The molecule has 5 rings (SSSR count). The molecule has 1 N–H and O–H groups in total. The van der Waals surface area contributed by atoms with Crippen LogP contribution in [0, 0.1) is 0 Å². The molecule has 140 valence electrons. The summed E-state index contributed by atoms with van der Waals surface area (Å²) in [5.41, 5.74) is 4.64. The molecule has 1 aliphatic rings. The predicted molar refractivity (Wildman–Crippen MR) is 120 cm³/mol. The van der Waals surface area contributed by atoms with Crippen molar-refractivity contribution >= 4 is 34.9 Å². The minimum atomic E-state index is -0.173. The third kappa shape index (κ3) is 3.28. The molecule has 0 radical (unpaired) electrons. The summed E-state index contributed by atoms with van der Waals surface area (Å²) in [7, 11) is 0. The Bertz CT molecular complexity index is 1140. The monoisotopic (exact) mass is 394 g/mol. The second kappa shape index (κ2) is 7.49. The summed E-state index contributed by atoms with van der Waals surface area (Å²) in [6.45, 7) is 0. The minimum Gasteiger partial charge on any atom is -0.307 e. The number of hydrogen-bond acceptors (Lipinski definition) is 2. The van der Waals surface area contributed by atoms with Crippen molar-refractivity contribution in [2.24, 2.45) is 0 Å². The fourth-order valence-electron chi connectivity index (χ4n) is 3.56. The van der Waals surface area contributed by atoms with Crippen molar-refractivity contribution in [3.05, 3.63) is 103 Å². The molecular formula is C25H18N2OS. The number of rotatable bonds is 2. The number of carbonyl (C=O) groups excluding carboxylic acids is 1. The van der Waals surface area contributed by atoms with Crippen LogP contribution in [0.3, 0.4) is 0 Å². The highest BCUT2D eigenvalue weighted by Gasteiger charge is 2.28. The molecule has 1 heterocycles. The lowest BCUT2D eigenvalue weighted by Crippen LogP contribution is -2.32. The summed E-state index contributed by atoms with van der Waals surface area (Å²) in [5.74, 6) is 0. The first kappa shape index (κ1) is 17.6. The SMILES string of the molecule is O=C(Nc1ccccc1-c1ccccc1)N1c2ccccc2Sc2ccccc21. The van der Waals surface area contributed by atoms with Gasteiger partial charge in [0.1, 0.15) is 0 Å². The van der Waals surface area contributed by atoms with E-state index in [0.29, 0.717) is 0 Å². The molecule has 0 saturated carbocycles. The van der Waals surface area contributed by atoms with Gasteiger partial charge in [-0.15, -0.1) is 0 Å². The second-order valence-electron chi connectivity index (χ2n) is 6.71. The first-order valence-corrected chi connectivity index (χ1v) is 10.2. The van der Waals surface area contributed by atoms with E-state index in [-0.39, 0.29) is 6.03 Å². The lowest BCUT2D eigenvalue weighted by molar-refractivity contribution is 0.259. The number of amides is 2. The Morgan fingerprint density at radius 1 is 0.655 bits per heavy atom. The van der Waals surface area contributed by atoms with Crippen LogP contribution in [0.15, 0.2) is 113 Å². The van der Waals surface area contributed by atoms with E-state index in [4.69, 9.17) is 0 Å². The molecule has 4 heteroatoms. The van der Waals surface area contributed by atoms with Crippen molar-refractivity contribution in [1.29, 1.82) is 0 Å². The third-order valence-electron chi connectivity index (χ3n) is 4.89. The van der Waals surface area contributed by atoms with E-state index in [9.17, 15) is 4.79 Å². The average Bonchev–Trinajstić information content (AvgIpc) is 2.78. The largest absolute Gasteiger partial charge is 0.331 e. The van der Waals surface area contributed by atoms with Crippen LogP contribution >= 0.6 is 11.8 Å². The Labute approximate surface area is 174 Å². The normalized spacial score (nSPS) is 12.1. The van der Waals surface area contributed by atoms with Crippen LogP contribution in [-0.2, 0) is 0 Å². The molecule has 4 aromatic carbocycles. The van der Waals surface area contributed by atoms with Crippen LogP contribution < -0.4 is 10.2 Å². The number of benzene rings is 4. The quantitative estimate of drug-likeness (QED) is 0.390. The maximum atomic E-state index is 13.5. The average molecular weight is 394 g/mol. The van der Waals surface area contributed by atoms with E-state index in [1.165, 1.54) is 0 Å². The van der Waals surface area contributed by atoms with Gasteiger partial charge in [0.15, 0.2) is 0 Å². The molecule has 4 aromatic rings. The summed E-state index contributed by atoms with van der Waals surface area (Å²) >= 11 is 1.69. The molecule has 3 nitrogen and oxygen atoms in total. The predicted octanol–water partition coefficient (Wildman–Crippen LogP) is 7.19. The standard InChI is InChI=1S/C25H18N2OS/c28-25(26-20-13-5-4-12-19(20)18-10-2-1-3-11-18)27-21-14-6-8-16-23(21)29-24-17-9-7-15-22(24)27/h1-17H,(H,26,28). The zero-order valence-corrected chi connectivity index (χ0v) is 16.4. The number of hydrogen-bond donors (Lipinski definition) is 1. The van der Waals surface area contributed by atoms with E-state index in [2.05, 4.69) is 5.32 Å². The van der Waals surface area contributed by atoms with Gasteiger partial charge in [-0.1, -0.05) is 84.6 Å². The van der Waals surface area contributed by atoms with Gasteiger partial charge in [-0.25, -0.2) is 4.79 Å². The van der Waals surface area contributed by atoms with E-state index in [1.807, 2.05) is 103 Å². The minimum absolute atomic E-state index is 0.173. The van der Waals surface area contributed by atoms with Crippen LogP contribution in [0.1, 0.15) is 0 Å². The first-order chi connectivity index (χ1) is 14.3. The van der Waals surface area contributed by atoms with E-state index >= 15 is 0 Å². The molecule has 0 aliphatic carbocycles. The number of nitrogens with zero attached hydrogens (tertiary/aromatic N) is 1. The highest BCUT2D eigenvalue weighted by Crippen LogP contribution is 2.48. The molecule has 1 aliphatic heterocycles. The zero-order chi connectivity index (χ0) is 19.6. The zero-order valence-electron chi connectivity index (χ0n) is 15.6. The van der Waals surface area contributed by atoms with Crippen molar-refractivity contribution in [3.63, 3.8) is 0 Å². The van der Waals surface area contributed by atoms with Crippen LogP contribution in [0.25, 0.3) is 11.1 Å². The maximum absolute atomic E-state index is 13.5. The lowest BCUT2D eigenvalue weighted by atomic mass is 10.0. The van der Waals surface area contributed by atoms with Gasteiger partial charge in [-0.3, -0.25) is 4.90 Å². The van der Waals surface area contributed by atoms with Gasteiger partial charge in [0.05, 0.1) is 17.1 Å². The van der Waals surface area contributed by atoms with Crippen molar-refractivity contribution < 1.29 is 4.79 Å². The molecule has 29 heavy (non-hydrogen) atoms. The van der Waals surface area contributed by atoms with Gasteiger partial charge in [-0.05, 0) is 35.9 Å². The van der Waals surface area contributed by atoms with Gasteiger partial charge < -0.3 is 5.32 Å². The molecule has 2 amide bonds. The molecule has 0 aromatic heterocycles. The Morgan fingerprint density at radius 2 is 1.21 bits per heavy atom. The van der Waals surface area contributed by atoms with Gasteiger partial charge in [0, 0.05) is 15.4 Å². The number of carbonyl (C=O) groups is 1. The third-order valence-corrected chi connectivity index (χ3v) is 6.02. The Balaban J connectivity index is 1.55. The number of para-hydroxylation sites is 3. The first-order valence-electron chi connectivity index (χ1n) is 9.43. The molecule has 0 saturated heterocycles. The fraction of sp³-hybridized carbons (Fsp3) is 0. The number of anilines is 3. The van der Waals surface area contributed by atoms with Crippen molar-refractivity contribution in [3.8, 4) is 11.1 Å². The highest BCUT2D eigenvalue weighted by molar-refractivity contribution is 7.99. The summed E-state index contributed by atoms with van der Waals surface area (Å²) in [4.78, 5) is 17.4. The van der Waals surface area contributed by atoms with E-state index in [0.717, 1.165) is 38.0 Å². The Hall–Kier alpha value is -3.50. The Morgan fingerprint density at radius 3 is 1.90 bits per heavy atom. The van der Waals surface area contributed by atoms with Gasteiger partial charge in [-0.2, -0.15) is 0 Å². The lowest BCUT2D eigenvalue weighted by Gasteiger charge is -2.31. The van der Waals surface area contributed by atoms with Crippen LogP contribution in [0.4, 0.5) is 21.9 Å². The molecule has 0 unspecified atom stereocenters. The summed E-state index contributed by atoms with van der Waals surface area (Å²) < 4.78 is 0. The fourth-order valence-corrected chi connectivity index (χ4v) is 4.61. The van der Waals surface area contributed by atoms with Crippen LogP contribution in [-0.4, -0.2) is 6.03 Å². The van der Waals surface area contributed by atoms with Gasteiger partial charge >= 0.3 is 6.03 Å². The summed E-state index contributed by atoms with van der Waals surface area (Å²) in [6, 6.07) is 33.8. The highest BCUT2D eigenvalue weighted by atomic mass is 32.2. The van der Waals surface area contributed by atoms with Crippen molar-refractivity contribution in [2.45, 2.75) is 9.79 Å². The van der Waals surface area contributed by atoms with Crippen molar-refractivity contribution in [1.82, 2.24) is 0 Å². The number of nitrogens with one attached hydrogen (secondary N) is 1. The van der Waals surface area contributed by atoms with Crippen molar-refractivity contribution in [2.75, 3.05) is 10.2 Å². The summed E-state index contributed by atoms with van der Waals surface area (Å²) in [5, 5.41) is 3.14. The molecule has 0 spiro atoms. The van der Waals surface area contributed by atoms with E-state index in [1.54, 1.807) is 16.7 Å².